The fourth-order valence-electron chi connectivity index (χ4n) is 8.83. The molecule has 2 heteroatoms. The van der Waals surface area contributed by atoms with Crippen molar-refractivity contribution in [1.82, 2.24) is 4.57 Å². The highest BCUT2D eigenvalue weighted by molar-refractivity contribution is 7.25. The Kier molecular flexibility index (Phi) is 3.98. The van der Waals surface area contributed by atoms with Crippen molar-refractivity contribution >= 4 is 75.2 Å². The summed E-state index contributed by atoms with van der Waals surface area (Å²) < 4.78 is 5.16. The zero-order valence-corrected chi connectivity index (χ0v) is 25.0. The molecule has 2 aromatic heterocycles. The third-order valence-corrected chi connectivity index (χ3v) is 11.8. The molecule has 1 unspecified atom stereocenters. The maximum Gasteiger partial charge on any atom is 0.0547 e. The van der Waals surface area contributed by atoms with E-state index in [0.717, 1.165) is 0 Å². The molecular formula is C43H23NS. The molecule has 0 saturated heterocycles. The first-order valence-electron chi connectivity index (χ1n) is 15.7. The van der Waals surface area contributed by atoms with Crippen LogP contribution in [0.1, 0.15) is 22.6 Å². The number of allylic oxidation sites excluding steroid dienone is 2. The van der Waals surface area contributed by atoms with Gasteiger partial charge in [0.2, 0.25) is 0 Å². The van der Waals surface area contributed by atoms with Crippen molar-refractivity contribution in [3.8, 4) is 27.9 Å². The highest BCUT2D eigenvalue weighted by Crippen LogP contribution is 2.70. The molecule has 0 radical (unpaired) electrons. The van der Waals surface area contributed by atoms with Crippen molar-refractivity contribution in [3.63, 3.8) is 0 Å². The van der Waals surface area contributed by atoms with Crippen molar-refractivity contribution in [2.45, 2.75) is 5.92 Å². The first-order valence-corrected chi connectivity index (χ1v) is 16.5. The maximum absolute atomic E-state index is 2.53. The second-order valence-electron chi connectivity index (χ2n) is 12.8. The summed E-state index contributed by atoms with van der Waals surface area (Å²) in [7, 11) is 0. The SMILES string of the molecule is c1ccc2c(c1)C1=C3c4cc5c(ccc6c5c5ccccc5n6-c5ccc6sc7ccccc7c6c5)cc4-c4cccc-2c4C13. The Hall–Kier alpha value is -5.44. The van der Waals surface area contributed by atoms with Gasteiger partial charge in [-0.05, 0) is 109 Å². The van der Waals surface area contributed by atoms with Crippen LogP contribution in [0, 0.1) is 0 Å². The van der Waals surface area contributed by atoms with Crippen LogP contribution in [0.15, 0.2) is 133 Å². The Bertz CT molecular complexity index is 2880. The zero-order chi connectivity index (χ0) is 29.0. The van der Waals surface area contributed by atoms with Crippen LogP contribution >= 0.6 is 11.3 Å². The summed E-state index contributed by atoms with van der Waals surface area (Å²) in [5, 5.41) is 7.96. The molecule has 0 aliphatic heterocycles. The third kappa shape index (κ3) is 2.72. The van der Waals surface area contributed by atoms with Crippen LogP contribution in [0.4, 0.5) is 0 Å². The summed E-state index contributed by atoms with van der Waals surface area (Å²) in [5.41, 5.74) is 16.7. The van der Waals surface area contributed by atoms with E-state index in [1.54, 1.807) is 0 Å². The number of thiophene rings is 1. The van der Waals surface area contributed by atoms with Crippen LogP contribution in [-0.2, 0) is 0 Å². The average molecular weight is 586 g/mol. The molecule has 7 aromatic carbocycles. The lowest BCUT2D eigenvalue weighted by molar-refractivity contribution is 1.19. The van der Waals surface area contributed by atoms with E-state index in [0.29, 0.717) is 5.92 Å². The number of rotatable bonds is 1. The van der Waals surface area contributed by atoms with E-state index < -0.39 is 0 Å². The predicted molar refractivity (Wildman–Crippen MR) is 192 cm³/mol. The van der Waals surface area contributed by atoms with E-state index >= 15 is 0 Å². The van der Waals surface area contributed by atoms with Gasteiger partial charge in [-0.25, -0.2) is 0 Å². The number of benzene rings is 7. The first-order chi connectivity index (χ1) is 22.3. The molecule has 0 amide bonds. The van der Waals surface area contributed by atoms with Crippen LogP contribution in [-0.4, -0.2) is 4.57 Å². The highest BCUT2D eigenvalue weighted by Gasteiger charge is 2.49. The molecule has 206 valence electrons. The molecule has 0 N–H and O–H groups in total. The first kappa shape index (κ1) is 23.0. The fraction of sp³-hybridized carbons (Fsp3) is 0.0233. The minimum Gasteiger partial charge on any atom is -0.309 e. The van der Waals surface area contributed by atoms with Gasteiger partial charge >= 0.3 is 0 Å². The summed E-state index contributed by atoms with van der Waals surface area (Å²) in [4.78, 5) is 0. The quantitative estimate of drug-likeness (QED) is 0.181. The Labute approximate surface area is 262 Å². The Balaban J connectivity index is 1.18. The number of hydrogen-bond donors (Lipinski definition) is 0. The van der Waals surface area contributed by atoms with Gasteiger partial charge in [0.15, 0.2) is 0 Å². The van der Waals surface area contributed by atoms with E-state index in [4.69, 9.17) is 0 Å². The van der Waals surface area contributed by atoms with E-state index in [-0.39, 0.29) is 0 Å². The minimum absolute atomic E-state index is 0.434. The lowest BCUT2D eigenvalue weighted by Gasteiger charge is -2.26. The number of fused-ring (bicyclic) bond motifs is 14. The monoisotopic (exact) mass is 585 g/mol. The second kappa shape index (κ2) is 7.79. The predicted octanol–water partition coefficient (Wildman–Crippen LogP) is 12.0. The van der Waals surface area contributed by atoms with Gasteiger partial charge in [-0.2, -0.15) is 0 Å². The molecule has 9 aromatic rings. The fourth-order valence-corrected chi connectivity index (χ4v) is 9.91. The van der Waals surface area contributed by atoms with Gasteiger partial charge in [0.05, 0.1) is 11.0 Å². The standard InChI is InChI=1S/C43H23NS/c1-2-10-28-25(8-1)27-12-7-13-29-32-20-23-16-18-36-39(31(23)22-34(32)42-41(28)43(42)40(27)29)30-11-3-5-14-35(30)44(36)24-17-19-38-33(21-24)26-9-4-6-15-37(26)45-38/h1-22,43H. The summed E-state index contributed by atoms with van der Waals surface area (Å²) in [6.45, 7) is 0. The van der Waals surface area contributed by atoms with E-state index in [1.165, 1.54) is 109 Å². The topological polar surface area (TPSA) is 4.93 Å². The number of para-hydroxylation sites is 1. The van der Waals surface area contributed by atoms with E-state index in [1.807, 2.05) is 11.3 Å². The Morgan fingerprint density at radius 2 is 1.18 bits per heavy atom. The van der Waals surface area contributed by atoms with E-state index in [9.17, 15) is 0 Å². The molecule has 0 fully saturated rings. The van der Waals surface area contributed by atoms with Crippen LogP contribution in [0.5, 0.6) is 0 Å². The van der Waals surface area contributed by atoms with Crippen molar-refractivity contribution in [2.75, 3.05) is 0 Å². The second-order valence-corrected chi connectivity index (χ2v) is 13.9. The number of aromatic nitrogens is 1. The molecule has 2 heterocycles. The van der Waals surface area contributed by atoms with Crippen molar-refractivity contribution in [3.05, 3.63) is 150 Å². The summed E-state index contributed by atoms with van der Waals surface area (Å²) in [6.07, 6.45) is 0. The number of hydrogen-bond acceptors (Lipinski definition) is 1. The van der Waals surface area contributed by atoms with Gasteiger partial charge < -0.3 is 4.57 Å². The molecular weight excluding hydrogens is 563 g/mol. The smallest absolute Gasteiger partial charge is 0.0547 e. The van der Waals surface area contributed by atoms with E-state index in [2.05, 4.69) is 138 Å². The van der Waals surface area contributed by atoms with Crippen LogP contribution in [0.25, 0.3) is 91.8 Å². The largest absolute Gasteiger partial charge is 0.309 e. The Morgan fingerprint density at radius 3 is 2.11 bits per heavy atom. The maximum atomic E-state index is 2.53. The van der Waals surface area contributed by atoms with Gasteiger partial charge in [0.25, 0.3) is 0 Å². The summed E-state index contributed by atoms with van der Waals surface area (Å²) in [6, 6.07) is 50.3. The molecule has 12 rings (SSSR count). The van der Waals surface area contributed by atoms with Gasteiger partial charge in [0, 0.05) is 42.6 Å². The molecule has 3 aliphatic rings. The molecule has 0 spiro atoms. The van der Waals surface area contributed by atoms with Crippen LogP contribution in [0.2, 0.25) is 0 Å². The van der Waals surface area contributed by atoms with Gasteiger partial charge in [-0.3, -0.25) is 0 Å². The Morgan fingerprint density at radius 1 is 0.444 bits per heavy atom. The molecule has 3 aliphatic carbocycles. The van der Waals surface area contributed by atoms with Crippen molar-refractivity contribution in [1.29, 1.82) is 0 Å². The normalized spacial score (nSPS) is 15.7. The molecule has 1 atom stereocenters. The summed E-state index contributed by atoms with van der Waals surface area (Å²) >= 11 is 1.88. The van der Waals surface area contributed by atoms with Crippen molar-refractivity contribution in [2.24, 2.45) is 0 Å². The third-order valence-electron chi connectivity index (χ3n) is 10.7. The average Bonchev–Trinajstić information content (AvgIpc) is 3.61. The van der Waals surface area contributed by atoms with Gasteiger partial charge in [-0.15, -0.1) is 11.3 Å². The molecule has 1 nitrogen and oxygen atoms in total. The minimum atomic E-state index is 0.434. The lowest BCUT2D eigenvalue weighted by Crippen LogP contribution is -2.04. The highest BCUT2D eigenvalue weighted by atomic mass is 32.1. The molecule has 45 heavy (non-hydrogen) atoms. The van der Waals surface area contributed by atoms with Crippen LogP contribution in [0.3, 0.4) is 0 Å². The molecule has 0 bridgehead atoms. The number of nitrogens with zero attached hydrogens (tertiary/aromatic N) is 1. The molecule has 0 saturated carbocycles. The van der Waals surface area contributed by atoms with Gasteiger partial charge in [-0.1, -0.05) is 84.9 Å². The lowest BCUT2D eigenvalue weighted by atomic mass is 9.77. The zero-order valence-electron chi connectivity index (χ0n) is 24.1. The summed E-state index contributed by atoms with van der Waals surface area (Å²) in [5.74, 6) is 0.434. The van der Waals surface area contributed by atoms with Crippen molar-refractivity contribution < 1.29 is 0 Å². The van der Waals surface area contributed by atoms with Crippen LogP contribution < -0.4 is 0 Å². The van der Waals surface area contributed by atoms with Gasteiger partial charge in [0.1, 0.15) is 0 Å².